The molecule has 0 spiro atoms. The fourth-order valence-electron chi connectivity index (χ4n) is 3.52. The quantitative estimate of drug-likeness (QED) is 0.630. The summed E-state index contributed by atoms with van der Waals surface area (Å²) in [6.45, 7) is 4.43. The lowest BCUT2D eigenvalue weighted by Gasteiger charge is -2.26. The van der Waals surface area contributed by atoms with Crippen molar-refractivity contribution in [3.05, 3.63) is 48.3 Å². The Morgan fingerprint density at radius 2 is 2.04 bits per heavy atom. The molecule has 4 rings (SSSR count). The molecule has 140 valence electrons. The third kappa shape index (κ3) is 4.07. The second-order valence-electron chi connectivity index (χ2n) is 6.93. The van der Waals surface area contributed by atoms with Gasteiger partial charge in [0.2, 0.25) is 0 Å². The zero-order chi connectivity index (χ0) is 18.6. The van der Waals surface area contributed by atoms with Crippen LogP contribution in [0.25, 0.3) is 22.2 Å². The lowest BCUT2D eigenvalue weighted by atomic mass is 10.1. The van der Waals surface area contributed by atoms with E-state index >= 15 is 0 Å². The lowest BCUT2D eigenvalue weighted by molar-refractivity contribution is 0.0371. The molecule has 0 radical (unpaired) electrons. The van der Waals surface area contributed by atoms with Crippen LogP contribution in [-0.4, -0.2) is 58.3 Å². The molecule has 0 N–H and O–H groups in total. The second-order valence-corrected chi connectivity index (χ2v) is 6.93. The number of benzene rings is 1. The van der Waals surface area contributed by atoms with Crippen molar-refractivity contribution in [3.63, 3.8) is 0 Å². The summed E-state index contributed by atoms with van der Waals surface area (Å²) < 4.78 is 7.14. The number of aryl methyl sites for hydroxylation is 1. The molecule has 6 heteroatoms. The van der Waals surface area contributed by atoms with Crippen molar-refractivity contribution in [3.8, 4) is 11.3 Å². The number of ketones is 1. The standard InChI is InChI=1S/C21H24N4O2/c1-24-20(17-6-7-18-16(14-17)4-2-8-22-18)15-19(23-24)21(26)5-3-9-25-10-12-27-13-11-25/h2,4,6-8,14-15H,3,5,9-13H2,1H3. The average Bonchev–Trinajstić information content (AvgIpc) is 3.10. The van der Waals surface area contributed by atoms with Crippen LogP contribution in [0.4, 0.5) is 0 Å². The van der Waals surface area contributed by atoms with E-state index in [1.807, 2.05) is 37.4 Å². The molecule has 27 heavy (non-hydrogen) atoms. The molecule has 0 unspecified atom stereocenters. The molecule has 3 heterocycles. The zero-order valence-electron chi connectivity index (χ0n) is 15.6. The van der Waals surface area contributed by atoms with Crippen LogP contribution in [0.3, 0.4) is 0 Å². The molecular weight excluding hydrogens is 340 g/mol. The van der Waals surface area contributed by atoms with Crippen molar-refractivity contribution in [1.29, 1.82) is 0 Å². The van der Waals surface area contributed by atoms with Gasteiger partial charge >= 0.3 is 0 Å². The molecule has 0 aliphatic carbocycles. The summed E-state index contributed by atoms with van der Waals surface area (Å²) in [5.74, 6) is 0.104. The summed E-state index contributed by atoms with van der Waals surface area (Å²) in [5.41, 5.74) is 3.48. The van der Waals surface area contributed by atoms with Gasteiger partial charge in [0.25, 0.3) is 0 Å². The maximum atomic E-state index is 12.6. The van der Waals surface area contributed by atoms with Crippen molar-refractivity contribution in [2.45, 2.75) is 12.8 Å². The van der Waals surface area contributed by atoms with Gasteiger partial charge < -0.3 is 4.74 Å². The number of nitrogens with zero attached hydrogens (tertiary/aromatic N) is 4. The van der Waals surface area contributed by atoms with Crippen molar-refractivity contribution < 1.29 is 9.53 Å². The number of carbonyl (C=O) groups excluding carboxylic acids is 1. The normalized spacial score (nSPS) is 15.3. The van der Waals surface area contributed by atoms with E-state index in [0.717, 1.165) is 61.4 Å². The van der Waals surface area contributed by atoms with E-state index in [4.69, 9.17) is 4.74 Å². The van der Waals surface area contributed by atoms with Gasteiger partial charge in [-0.25, -0.2) is 0 Å². The Bertz CT molecular complexity index is 944. The Labute approximate surface area is 158 Å². The van der Waals surface area contributed by atoms with E-state index in [2.05, 4.69) is 21.0 Å². The van der Waals surface area contributed by atoms with Crippen molar-refractivity contribution in [2.24, 2.45) is 7.05 Å². The van der Waals surface area contributed by atoms with Gasteiger partial charge in [0.1, 0.15) is 5.69 Å². The number of pyridine rings is 1. The minimum atomic E-state index is 0.104. The van der Waals surface area contributed by atoms with Gasteiger partial charge in [0.05, 0.1) is 24.4 Å². The van der Waals surface area contributed by atoms with Crippen molar-refractivity contribution >= 4 is 16.7 Å². The van der Waals surface area contributed by atoms with Crippen LogP contribution in [0, 0.1) is 0 Å². The minimum Gasteiger partial charge on any atom is -0.379 e. The Hall–Kier alpha value is -2.57. The van der Waals surface area contributed by atoms with Crippen LogP contribution in [0.15, 0.2) is 42.6 Å². The Balaban J connectivity index is 1.44. The number of hydrogen-bond acceptors (Lipinski definition) is 5. The Kier molecular flexibility index (Phi) is 5.27. The predicted octanol–water partition coefficient (Wildman–Crippen LogP) is 2.93. The van der Waals surface area contributed by atoms with Crippen LogP contribution in [0.5, 0.6) is 0 Å². The summed E-state index contributed by atoms with van der Waals surface area (Å²) >= 11 is 0. The number of carbonyl (C=O) groups is 1. The van der Waals surface area contributed by atoms with Gasteiger partial charge in [-0.2, -0.15) is 5.10 Å². The summed E-state index contributed by atoms with van der Waals surface area (Å²) in [4.78, 5) is 19.3. The maximum absolute atomic E-state index is 12.6. The van der Waals surface area contributed by atoms with E-state index in [9.17, 15) is 4.79 Å². The monoisotopic (exact) mass is 364 g/mol. The summed E-state index contributed by atoms with van der Waals surface area (Å²) in [5, 5.41) is 5.53. The molecular formula is C21H24N4O2. The molecule has 1 aliphatic rings. The van der Waals surface area contributed by atoms with Gasteiger partial charge in [-0.15, -0.1) is 0 Å². The number of hydrogen-bond donors (Lipinski definition) is 0. The summed E-state index contributed by atoms with van der Waals surface area (Å²) in [6.07, 6.45) is 3.17. The first-order valence-corrected chi connectivity index (χ1v) is 9.43. The molecule has 3 aromatic rings. The molecule has 6 nitrogen and oxygen atoms in total. The van der Waals surface area contributed by atoms with E-state index in [0.29, 0.717) is 12.1 Å². The second kappa shape index (κ2) is 7.98. The number of aromatic nitrogens is 3. The third-order valence-corrected chi connectivity index (χ3v) is 5.05. The lowest BCUT2D eigenvalue weighted by Crippen LogP contribution is -2.36. The summed E-state index contributed by atoms with van der Waals surface area (Å²) in [6, 6.07) is 12.0. The van der Waals surface area contributed by atoms with Crippen LogP contribution in [0.1, 0.15) is 23.3 Å². The first-order valence-electron chi connectivity index (χ1n) is 9.43. The topological polar surface area (TPSA) is 60.2 Å². The molecule has 0 atom stereocenters. The average molecular weight is 364 g/mol. The first kappa shape index (κ1) is 17.8. The van der Waals surface area contributed by atoms with Crippen molar-refractivity contribution in [2.75, 3.05) is 32.8 Å². The van der Waals surface area contributed by atoms with Gasteiger partial charge in [-0.3, -0.25) is 19.4 Å². The fourth-order valence-corrected chi connectivity index (χ4v) is 3.52. The highest BCUT2D eigenvalue weighted by molar-refractivity contribution is 5.95. The van der Waals surface area contributed by atoms with E-state index < -0.39 is 0 Å². The SMILES string of the molecule is Cn1nc(C(=O)CCCN2CCOCC2)cc1-c1ccc2ncccc2c1. The van der Waals surface area contributed by atoms with Crippen LogP contribution < -0.4 is 0 Å². The first-order chi connectivity index (χ1) is 13.2. The molecule has 1 aliphatic heterocycles. The molecule has 0 saturated carbocycles. The van der Waals surface area contributed by atoms with Crippen LogP contribution in [-0.2, 0) is 11.8 Å². The van der Waals surface area contributed by atoms with Gasteiger partial charge in [0, 0.05) is 43.7 Å². The molecule has 2 aromatic heterocycles. The molecule has 1 aromatic carbocycles. The largest absolute Gasteiger partial charge is 0.379 e. The van der Waals surface area contributed by atoms with Gasteiger partial charge in [-0.1, -0.05) is 12.1 Å². The van der Waals surface area contributed by atoms with Crippen molar-refractivity contribution in [1.82, 2.24) is 19.7 Å². The van der Waals surface area contributed by atoms with Gasteiger partial charge in [-0.05, 0) is 37.2 Å². The minimum absolute atomic E-state index is 0.104. The molecule has 0 bridgehead atoms. The fraction of sp³-hybridized carbons (Fsp3) is 0.381. The molecule has 1 saturated heterocycles. The highest BCUT2D eigenvalue weighted by Gasteiger charge is 2.16. The number of morpholine rings is 1. The number of Topliss-reactive ketones (excluding diaryl/α,β-unsaturated/α-hetero) is 1. The van der Waals surface area contributed by atoms with Crippen LogP contribution >= 0.6 is 0 Å². The van der Waals surface area contributed by atoms with E-state index in [-0.39, 0.29) is 5.78 Å². The Morgan fingerprint density at radius 1 is 1.19 bits per heavy atom. The Morgan fingerprint density at radius 3 is 2.89 bits per heavy atom. The smallest absolute Gasteiger partial charge is 0.183 e. The highest BCUT2D eigenvalue weighted by Crippen LogP contribution is 2.24. The number of rotatable bonds is 6. The number of fused-ring (bicyclic) bond motifs is 1. The zero-order valence-corrected chi connectivity index (χ0v) is 15.6. The van der Waals surface area contributed by atoms with E-state index in [1.54, 1.807) is 10.9 Å². The van der Waals surface area contributed by atoms with Gasteiger partial charge in [0.15, 0.2) is 5.78 Å². The number of ether oxygens (including phenoxy) is 1. The van der Waals surface area contributed by atoms with Crippen LogP contribution in [0.2, 0.25) is 0 Å². The predicted molar refractivity (Wildman–Crippen MR) is 105 cm³/mol. The summed E-state index contributed by atoms with van der Waals surface area (Å²) in [7, 11) is 1.88. The molecule has 1 fully saturated rings. The molecule has 0 amide bonds. The highest BCUT2D eigenvalue weighted by atomic mass is 16.5. The maximum Gasteiger partial charge on any atom is 0.183 e. The third-order valence-electron chi connectivity index (χ3n) is 5.05. The van der Waals surface area contributed by atoms with E-state index in [1.165, 1.54) is 0 Å².